The molecule has 1 rings (SSSR count). The Hall–Kier alpha value is -0.580. The van der Waals surface area contributed by atoms with E-state index in [-0.39, 0.29) is 19.0 Å². The highest BCUT2D eigenvalue weighted by atomic mass is 79.9. The summed E-state index contributed by atoms with van der Waals surface area (Å²) in [7, 11) is 0. The van der Waals surface area contributed by atoms with Crippen molar-refractivity contribution < 1.29 is 9.90 Å². The standard InChI is InChI=1S/C10H12BrNO2.ClH/c11-9-3-1-7(2-4-9)5-8(6-12)10(13)14;/h1-4,8H,5-6,12H2,(H,13,14);1H/t8-;/m1./s1. The molecule has 0 bridgehead atoms. The van der Waals surface area contributed by atoms with Crippen molar-refractivity contribution in [3.05, 3.63) is 34.3 Å². The molecule has 15 heavy (non-hydrogen) atoms. The number of carbonyl (C=O) groups is 1. The normalized spacial score (nSPS) is 11.6. The van der Waals surface area contributed by atoms with Crippen molar-refractivity contribution in [3.8, 4) is 0 Å². The van der Waals surface area contributed by atoms with Crippen LogP contribution in [-0.2, 0) is 11.2 Å². The van der Waals surface area contributed by atoms with Crippen LogP contribution in [0.5, 0.6) is 0 Å². The van der Waals surface area contributed by atoms with Gasteiger partial charge in [-0.3, -0.25) is 4.79 Å². The molecule has 0 fully saturated rings. The fourth-order valence-electron chi connectivity index (χ4n) is 1.18. The van der Waals surface area contributed by atoms with Gasteiger partial charge in [-0.2, -0.15) is 0 Å². The lowest BCUT2D eigenvalue weighted by Gasteiger charge is -2.09. The van der Waals surface area contributed by atoms with Crippen LogP contribution in [0.15, 0.2) is 28.7 Å². The first-order valence-electron chi connectivity index (χ1n) is 4.31. The molecular weight excluding hydrogens is 281 g/mol. The number of hydrogen-bond acceptors (Lipinski definition) is 2. The first-order valence-corrected chi connectivity index (χ1v) is 5.10. The summed E-state index contributed by atoms with van der Waals surface area (Å²) in [6.45, 7) is 0.172. The van der Waals surface area contributed by atoms with Crippen molar-refractivity contribution in [1.82, 2.24) is 0 Å². The molecule has 0 unspecified atom stereocenters. The minimum absolute atomic E-state index is 0. The van der Waals surface area contributed by atoms with E-state index in [1.54, 1.807) is 0 Å². The fraction of sp³-hybridized carbons (Fsp3) is 0.300. The van der Waals surface area contributed by atoms with Gasteiger partial charge < -0.3 is 10.8 Å². The highest BCUT2D eigenvalue weighted by Gasteiger charge is 2.15. The Morgan fingerprint density at radius 3 is 2.33 bits per heavy atom. The average molecular weight is 295 g/mol. The van der Waals surface area contributed by atoms with Gasteiger partial charge in [0, 0.05) is 11.0 Å². The zero-order valence-corrected chi connectivity index (χ0v) is 10.4. The number of aliphatic carboxylic acids is 1. The molecule has 0 amide bonds. The summed E-state index contributed by atoms with van der Waals surface area (Å²) in [5.74, 6) is -1.33. The van der Waals surface area contributed by atoms with Gasteiger partial charge in [0.05, 0.1) is 5.92 Å². The van der Waals surface area contributed by atoms with E-state index in [2.05, 4.69) is 15.9 Å². The zero-order valence-electron chi connectivity index (χ0n) is 8.02. The second-order valence-corrected chi connectivity index (χ2v) is 4.02. The lowest BCUT2D eigenvalue weighted by Crippen LogP contribution is -2.25. The van der Waals surface area contributed by atoms with Crippen molar-refractivity contribution >= 4 is 34.3 Å². The molecule has 1 aromatic carbocycles. The second-order valence-electron chi connectivity index (χ2n) is 3.10. The molecule has 0 spiro atoms. The Morgan fingerprint density at radius 2 is 1.93 bits per heavy atom. The van der Waals surface area contributed by atoms with E-state index in [0.717, 1.165) is 10.0 Å². The van der Waals surface area contributed by atoms with E-state index in [1.165, 1.54) is 0 Å². The van der Waals surface area contributed by atoms with Crippen molar-refractivity contribution in [1.29, 1.82) is 0 Å². The third-order valence-corrected chi connectivity index (χ3v) is 2.56. The van der Waals surface area contributed by atoms with Crippen molar-refractivity contribution in [3.63, 3.8) is 0 Å². The van der Waals surface area contributed by atoms with E-state index >= 15 is 0 Å². The quantitative estimate of drug-likeness (QED) is 0.893. The van der Waals surface area contributed by atoms with Crippen molar-refractivity contribution in [2.75, 3.05) is 6.54 Å². The lowest BCUT2D eigenvalue weighted by atomic mass is 10.00. The Kier molecular flexibility index (Phi) is 6.56. The van der Waals surface area contributed by atoms with Gasteiger partial charge in [0.15, 0.2) is 0 Å². The third kappa shape index (κ3) is 4.64. The van der Waals surface area contributed by atoms with E-state index in [0.29, 0.717) is 6.42 Å². The third-order valence-electron chi connectivity index (χ3n) is 2.03. The van der Waals surface area contributed by atoms with Crippen LogP contribution in [0.1, 0.15) is 5.56 Å². The molecule has 3 nitrogen and oxygen atoms in total. The first kappa shape index (κ1) is 14.4. The molecule has 1 atom stereocenters. The van der Waals surface area contributed by atoms with E-state index in [9.17, 15) is 4.79 Å². The number of nitrogens with two attached hydrogens (primary N) is 1. The van der Waals surface area contributed by atoms with Gasteiger partial charge >= 0.3 is 5.97 Å². The lowest BCUT2D eigenvalue weighted by molar-refractivity contribution is -0.141. The summed E-state index contributed by atoms with van der Waals surface area (Å²) in [5.41, 5.74) is 6.35. The van der Waals surface area contributed by atoms with Crippen molar-refractivity contribution in [2.24, 2.45) is 11.7 Å². The van der Waals surface area contributed by atoms with Crippen LogP contribution in [-0.4, -0.2) is 17.6 Å². The number of hydrogen-bond donors (Lipinski definition) is 2. The number of benzene rings is 1. The van der Waals surface area contributed by atoms with Gasteiger partial charge in [-0.25, -0.2) is 0 Å². The van der Waals surface area contributed by atoms with Crippen LogP contribution < -0.4 is 5.73 Å². The average Bonchev–Trinajstić information content (AvgIpc) is 2.16. The van der Waals surface area contributed by atoms with Crippen LogP contribution in [0.2, 0.25) is 0 Å². The molecule has 5 heteroatoms. The Morgan fingerprint density at radius 1 is 1.40 bits per heavy atom. The summed E-state index contributed by atoms with van der Waals surface area (Å²) in [6.07, 6.45) is 0.485. The molecule has 84 valence electrons. The van der Waals surface area contributed by atoms with Gasteiger partial charge in [-0.15, -0.1) is 12.4 Å². The van der Waals surface area contributed by atoms with Crippen LogP contribution in [0, 0.1) is 5.92 Å². The molecular formula is C10H13BrClNO2. The number of carboxylic acid groups (broad SMARTS) is 1. The van der Waals surface area contributed by atoms with Gasteiger partial charge in [0.1, 0.15) is 0 Å². The monoisotopic (exact) mass is 293 g/mol. The summed E-state index contributed by atoms with van der Waals surface area (Å²) < 4.78 is 0.987. The highest BCUT2D eigenvalue weighted by molar-refractivity contribution is 9.10. The number of carboxylic acids is 1. The van der Waals surface area contributed by atoms with Gasteiger partial charge in [-0.1, -0.05) is 28.1 Å². The molecule has 0 saturated heterocycles. The molecule has 0 aliphatic carbocycles. The number of rotatable bonds is 4. The fourth-order valence-corrected chi connectivity index (χ4v) is 1.44. The molecule has 0 heterocycles. The largest absolute Gasteiger partial charge is 0.481 e. The minimum atomic E-state index is -0.838. The minimum Gasteiger partial charge on any atom is -0.481 e. The van der Waals surface area contributed by atoms with Crippen molar-refractivity contribution in [2.45, 2.75) is 6.42 Å². The molecule has 0 radical (unpaired) electrons. The predicted molar refractivity (Wildman–Crippen MR) is 65.3 cm³/mol. The molecule has 0 aromatic heterocycles. The Balaban J connectivity index is 0.00000196. The van der Waals surface area contributed by atoms with Gasteiger partial charge in [-0.05, 0) is 24.1 Å². The smallest absolute Gasteiger partial charge is 0.308 e. The SMILES string of the molecule is Cl.NC[C@@H](Cc1ccc(Br)cc1)C(=O)O. The molecule has 0 saturated carbocycles. The summed E-state index contributed by atoms with van der Waals surface area (Å²) in [6, 6.07) is 7.58. The maximum absolute atomic E-state index is 10.7. The van der Waals surface area contributed by atoms with Crippen LogP contribution in [0.4, 0.5) is 0 Å². The molecule has 0 aliphatic heterocycles. The Labute approximate surface area is 103 Å². The topological polar surface area (TPSA) is 63.3 Å². The summed E-state index contributed by atoms with van der Waals surface area (Å²) in [5, 5.41) is 8.80. The van der Waals surface area contributed by atoms with Gasteiger partial charge in [0.2, 0.25) is 0 Å². The molecule has 3 N–H and O–H groups in total. The number of halogens is 2. The maximum Gasteiger partial charge on any atom is 0.308 e. The van der Waals surface area contributed by atoms with Gasteiger partial charge in [0.25, 0.3) is 0 Å². The van der Waals surface area contributed by atoms with E-state index < -0.39 is 11.9 Å². The van der Waals surface area contributed by atoms with E-state index in [4.69, 9.17) is 10.8 Å². The molecule has 0 aliphatic rings. The van der Waals surface area contributed by atoms with Crippen LogP contribution in [0.3, 0.4) is 0 Å². The van der Waals surface area contributed by atoms with E-state index in [1.807, 2.05) is 24.3 Å². The molecule has 1 aromatic rings. The second kappa shape index (κ2) is 6.82. The first-order chi connectivity index (χ1) is 6.63. The summed E-state index contributed by atoms with van der Waals surface area (Å²) >= 11 is 3.32. The zero-order chi connectivity index (χ0) is 10.6. The van der Waals surface area contributed by atoms with Crippen LogP contribution in [0.25, 0.3) is 0 Å². The predicted octanol–water partition coefficient (Wildman–Crippen LogP) is 2.07. The highest BCUT2D eigenvalue weighted by Crippen LogP contribution is 2.13. The maximum atomic E-state index is 10.7. The Bertz CT molecular complexity index is 316. The summed E-state index contributed by atoms with van der Waals surface area (Å²) in [4.78, 5) is 10.7. The van der Waals surface area contributed by atoms with Crippen LogP contribution >= 0.6 is 28.3 Å².